The maximum atomic E-state index is 11.6. The first-order valence-corrected chi connectivity index (χ1v) is 5.92. The van der Waals surface area contributed by atoms with Crippen LogP contribution in [0.25, 0.3) is 0 Å². The van der Waals surface area contributed by atoms with Gasteiger partial charge in [0.1, 0.15) is 5.75 Å². The molecular weight excluding hydrogens is 321 g/mol. The molecule has 1 rings (SSSR count). The number of phenolic OH excluding ortho intramolecular Hbond substituents is 1. The summed E-state index contributed by atoms with van der Waals surface area (Å²) in [5, 5.41) is 9.82. The molecule has 0 aliphatic heterocycles. The molecule has 102 valence electrons. The van der Waals surface area contributed by atoms with E-state index in [0.717, 1.165) is 4.47 Å². The number of nitrogens with two attached hydrogens (primary N) is 1. The highest BCUT2D eigenvalue weighted by Gasteiger charge is 2.37. The number of hydrogen-bond acceptors (Lipinski definition) is 4. The minimum atomic E-state index is -0.903. The third kappa shape index (κ3) is 3.37. The quantitative estimate of drug-likeness (QED) is 0.831. The summed E-state index contributed by atoms with van der Waals surface area (Å²) in [4.78, 5) is 11.6. The largest absolute Gasteiger partial charge is 0.508 e. The molecule has 18 heavy (non-hydrogen) atoms. The first kappa shape index (κ1) is 17.2. The number of carbonyl (C=O) groups is 1. The molecule has 1 atom stereocenters. The van der Waals surface area contributed by atoms with Crippen molar-refractivity contribution in [1.29, 1.82) is 0 Å². The van der Waals surface area contributed by atoms with E-state index in [9.17, 15) is 9.90 Å². The summed E-state index contributed by atoms with van der Waals surface area (Å²) in [6.07, 6.45) is 0. The average Bonchev–Trinajstić information content (AvgIpc) is 2.27. The summed E-state index contributed by atoms with van der Waals surface area (Å²) in [6, 6.07) is 4.36. The number of rotatable bonds is 3. The number of carbonyl (C=O) groups excluding carboxylic acids is 1. The molecule has 6 heteroatoms. The van der Waals surface area contributed by atoms with Crippen molar-refractivity contribution in [2.24, 2.45) is 11.1 Å². The Kier molecular flexibility index (Phi) is 6.13. The van der Waals surface area contributed by atoms with Crippen molar-refractivity contribution < 1.29 is 14.6 Å². The molecule has 4 nitrogen and oxygen atoms in total. The van der Waals surface area contributed by atoms with Gasteiger partial charge in [-0.15, -0.1) is 12.4 Å². The molecule has 0 fully saturated rings. The molecule has 1 aromatic rings. The third-order valence-corrected chi connectivity index (χ3v) is 3.31. The molecule has 0 heterocycles. The topological polar surface area (TPSA) is 72.5 Å². The van der Waals surface area contributed by atoms with E-state index in [2.05, 4.69) is 15.9 Å². The summed E-state index contributed by atoms with van der Waals surface area (Å²) in [7, 11) is 1.32. The Morgan fingerprint density at radius 2 is 2.06 bits per heavy atom. The molecule has 3 N–H and O–H groups in total. The van der Waals surface area contributed by atoms with Crippen molar-refractivity contribution >= 4 is 34.3 Å². The molecule has 0 saturated heterocycles. The summed E-state index contributed by atoms with van der Waals surface area (Å²) in [5.74, 6) is -0.351. The van der Waals surface area contributed by atoms with E-state index in [1.54, 1.807) is 32.0 Å². The lowest BCUT2D eigenvalue weighted by molar-refractivity contribution is -0.152. The Balaban J connectivity index is 0.00000289. The molecule has 0 aromatic heterocycles. The zero-order valence-electron chi connectivity index (χ0n) is 10.4. The van der Waals surface area contributed by atoms with Gasteiger partial charge in [0.05, 0.1) is 12.5 Å². The molecule has 0 aliphatic carbocycles. The number of ether oxygens (including phenoxy) is 1. The Bertz CT molecular complexity index is 437. The normalized spacial score (nSPS) is 12.5. The van der Waals surface area contributed by atoms with Crippen molar-refractivity contribution in [3.8, 4) is 5.75 Å². The van der Waals surface area contributed by atoms with E-state index in [-0.39, 0.29) is 18.2 Å². The lowest BCUT2D eigenvalue weighted by Gasteiger charge is -2.29. The monoisotopic (exact) mass is 337 g/mol. The first-order valence-electron chi connectivity index (χ1n) is 5.13. The smallest absolute Gasteiger partial charge is 0.313 e. The van der Waals surface area contributed by atoms with Gasteiger partial charge in [0.25, 0.3) is 0 Å². The molecule has 0 radical (unpaired) electrons. The van der Waals surface area contributed by atoms with Gasteiger partial charge in [-0.25, -0.2) is 0 Å². The van der Waals surface area contributed by atoms with Gasteiger partial charge in [0, 0.05) is 16.1 Å². The van der Waals surface area contributed by atoms with Crippen molar-refractivity contribution in [3.63, 3.8) is 0 Å². The van der Waals surface area contributed by atoms with Crippen LogP contribution in [0.5, 0.6) is 5.75 Å². The average molecular weight is 339 g/mol. The number of methoxy groups -OCH3 is 1. The van der Waals surface area contributed by atoms with Crippen LogP contribution in [0, 0.1) is 5.41 Å². The summed E-state index contributed by atoms with van der Waals surface area (Å²) < 4.78 is 5.46. The predicted octanol–water partition coefficient (Wildman–Crippen LogP) is 2.78. The number of benzene rings is 1. The maximum Gasteiger partial charge on any atom is 0.313 e. The van der Waals surface area contributed by atoms with E-state index >= 15 is 0 Å². The van der Waals surface area contributed by atoms with Crippen LogP contribution in [0.1, 0.15) is 25.5 Å². The fourth-order valence-corrected chi connectivity index (χ4v) is 1.91. The Morgan fingerprint density at radius 1 is 1.50 bits per heavy atom. The second-order valence-electron chi connectivity index (χ2n) is 4.39. The van der Waals surface area contributed by atoms with E-state index in [0.29, 0.717) is 5.56 Å². The van der Waals surface area contributed by atoms with E-state index < -0.39 is 17.4 Å². The third-order valence-electron chi connectivity index (χ3n) is 2.82. The van der Waals surface area contributed by atoms with E-state index in [1.165, 1.54) is 7.11 Å². The van der Waals surface area contributed by atoms with E-state index in [1.807, 2.05) is 0 Å². The standard InChI is InChI=1S/C12H16BrNO3.ClH/c1-12(2,11(16)17-3)10(14)8-5-4-7(13)6-9(8)15;/h4-6,10,15H,14H2,1-3H3;1H/t10-;/m1./s1. The summed E-state index contributed by atoms with van der Waals surface area (Å²) in [5.41, 5.74) is 5.64. The molecule has 0 unspecified atom stereocenters. The van der Waals surface area contributed by atoms with Gasteiger partial charge >= 0.3 is 5.97 Å². The van der Waals surface area contributed by atoms with Gasteiger partial charge in [-0.3, -0.25) is 4.79 Å². The number of esters is 1. The maximum absolute atomic E-state index is 11.6. The van der Waals surface area contributed by atoms with Gasteiger partial charge in [-0.05, 0) is 26.0 Å². The molecule has 0 amide bonds. The van der Waals surface area contributed by atoms with Gasteiger partial charge in [0.2, 0.25) is 0 Å². The Hall–Kier alpha value is -0.780. The highest BCUT2D eigenvalue weighted by atomic mass is 79.9. The minimum absolute atomic E-state index is 0. The number of aromatic hydroxyl groups is 1. The summed E-state index contributed by atoms with van der Waals surface area (Å²) in [6.45, 7) is 3.37. The number of hydrogen-bond donors (Lipinski definition) is 2. The minimum Gasteiger partial charge on any atom is -0.508 e. The highest BCUT2D eigenvalue weighted by molar-refractivity contribution is 9.10. The zero-order chi connectivity index (χ0) is 13.2. The fraction of sp³-hybridized carbons (Fsp3) is 0.417. The second-order valence-corrected chi connectivity index (χ2v) is 5.31. The molecule has 1 aromatic carbocycles. The van der Waals surface area contributed by atoms with Gasteiger partial charge < -0.3 is 15.6 Å². The highest BCUT2D eigenvalue weighted by Crippen LogP contribution is 2.37. The first-order chi connectivity index (χ1) is 7.80. The second kappa shape index (κ2) is 6.41. The molecule has 0 spiro atoms. The van der Waals surface area contributed by atoms with Crippen molar-refractivity contribution in [1.82, 2.24) is 0 Å². The van der Waals surface area contributed by atoms with Crippen LogP contribution >= 0.6 is 28.3 Å². The molecule has 0 aliphatic rings. The predicted molar refractivity (Wildman–Crippen MR) is 75.8 cm³/mol. The van der Waals surface area contributed by atoms with Crippen molar-refractivity contribution in [3.05, 3.63) is 28.2 Å². The van der Waals surface area contributed by atoms with Crippen molar-refractivity contribution in [2.45, 2.75) is 19.9 Å². The fourth-order valence-electron chi connectivity index (χ4n) is 1.56. The van der Waals surface area contributed by atoms with Crippen LogP contribution in [0.15, 0.2) is 22.7 Å². The molecule has 0 bridgehead atoms. The number of phenols is 1. The van der Waals surface area contributed by atoms with Gasteiger partial charge in [-0.2, -0.15) is 0 Å². The number of halogens is 2. The van der Waals surface area contributed by atoms with Crippen LogP contribution < -0.4 is 5.73 Å². The molecule has 0 saturated carbocycles. The van der Waals surface area contributed by atoms with Crippen LogP contribution in [0.4, 0.5) is 0 Å². The van der Waals surface area contributed by atoms with Crippen LogP contribution in [-0.2, 0) is 9.53 Å². The van der Waals surface area contributed by atoms with E-state index in [4.69, 9.17) is 10.5 Å². The summed E-state index contributed by atoms with van der Waals surface area (Å²) >= 11 is 3.25. The molecular formula is C12H17BrClNO3. The zero-order valence-corrected chi connectivity index (χ0v) is 12.8. The lowest BCUT2D eigenvalue weighted by atomic mass is 9.81. The Morgan fingerprint density at radius 3 is 2.50 bits per heavy atom. The van der Waals surface area contributed by atoms with Crippen molar-refractivity contribution in [2.75, 3.05) is 7.11 Å². The Labute approximate surface area is 121 Å². The van der Waals surface area contributed by atoms with Gasteiger partial charge in [-0.1, -0.05) is 22.0 Å². The SMILES string of the molecule is COC(=O)C(C)(C)[C@H](N)c1ccc(Br)cc1O.Cl. The van der Waals surface area contributed by atoms with Crippen LogP contribution in [0.2, 0.25) is 0 Å². The van der Waals surface area contributed by atoms with Gasteiger partial charge in [0.15, 0.2) is 0 Å². The van der Waals surface area contributed by atoms with Crippen LogP contribution in [0.3, 0.4) is 0 Å². The van der Waals surface area contributed by atoms with Crippen LogP contribution in [-0.4, -0.2) is 18.2 Å². The lowest BCUT2D eigenvalue weighted by Crippen LogP contribution is -2.37.